The highest BCUT2D eigenvalue weighted by Gasteiger charge is 2.64. The number of ether oxygens (including phenoxy) is 1. The van der Waals surface area contributed by atoms with Gasteiger partial charge in [0.2, 0.25) is 5.78 Å². The standard InChI is InChI=1S/C27H36O5/c1-5-6-7-24(30)32-16-23(29)27(31)13-10-21-19-14-17(2)22-15-18(28)8-11-25(22,3)20(19)9-12-26(21,27)4/h8-9,11,15,17,19,21,31H,5-7,10,12-14,16H2,1-4H3/t17-,19+,21-,25+,26-,27-/m0/s1. The number of unbranched alkanes of at least 4 members (excludes halogenated alkanes) is 1. The average molecular weight is 441 g/mol. The molecule has 0 amide bonds. The lowest BCUT2D eigenvalue weighted by Gasteiger charge is -2.55. The maximum absolute atomic E-state index is 13.2. The van der Waals surface area contributed by atoms with Gasteiger partial charge in [-0.15, -0.1) is 0 Å². The fourth-order valence-electron chi connectivity index (χ4n) is 7.06. The zero-order valence-electron chi connectivity index (χ0n) is 19.8. The molecule has 2 fully saturated rings. The number of allylic oxidation sites excluding steroid dienone is 6. The summed E-state index contributed by atoms with van der Waals surface area (Å²) in [5.41, 5.74) is 0.176. The Morgan fingerprint density at radius 3 is 2.72 bits per heavy atom. The third kappa shape index (κ3) is 3.35. The van der Waals surface area contributed by atoms with Crippen LogP contribution in [-0.2, 0) is 19.1 Å². The third-order valence-electron chi connectivity index (χ3n) is 8.99. The Balaban J connectivity index is 1.59. The van der Waals surface area contributed by atoms with Crippen LogP contribution in [-0.4, -0.2) is 34.9 Å². The number of aliphatic hydroxyl groups is 1. The van der Waals surface area contributed by atoms with Crippen molar-refractivity contribution in [2.45, 2.75) is 78.2 Å². The molecule has 0 unspecified atom stereocenters. The van der Waals surface area contributed by atoms with Gasteiger partial charge in [0.1, 0.15) is 5.60 Å². The van der Waals surface area contributed by atoms with E-state index >= 15 is 0 Å². The van der Waals surface area contributed by atoms with Gasteiger partial charge in [-0.3, -0.25) is 14.4 Å². The van der Waals surface area contributed by atoms with Crippen molar-refractivity contribution in [3.05, 3.63) is 35.5 Å². The van der Waals surface area contributed by atoms with Gasteiger partial charge in [-0.1, -0.05) is 44.9 Å². The highest BCUT2D eigenvalue weighted by Crippen LogP contribution is 2.65. The van der Waals surface area contributed by atoms with E-state index in [9.17, 15) is 19.5 Å². The summed E-state index contributed by atoms with van der Waals surface area (Å²) in [5, 5.41) is 11.7. The molecular weight excluding hydrogens is 404 g/mol. The normalized spacial score (nSPS) is 40.0. The fourth-order valence-corrected chi connectivity index (χ4v) is 7.06. The number of rotatable bonds is 6. The first kappa shape index (κ1) is 23.2. The number of carbonyl (C=O) groups excluding carboxylic acids is 3. The Morgan fingerprint density at radius 2 is 2.00 bits per heavy atom. The second-order valence-corrected chi connectivity index (χ2v) is 10.8. The van der Waals surface area contributed by atoms with Crippen molar-refractivity contribution in [3.8, 4) is 0 Å². The maximum atomic E-state index is 13.2. The lowest BCUT2D eigenvalue weighted by atomic mass is 9.49. The van der Waals surface area contributed by atoms with Gasteiger partial charge in [0, 0.05) is 17.3 Å². The molecule has 6 atom stereocenters. The summed E-state index contributed by atoms with van der Waals surface area (Å²) in [6.07, 6.45) is 12.4. The van der Waals surface area contributed by atoms with E-state index in [-0.39, 0.29) is 47.3 Å². The molecule has 5 heteroatoms. The van der Waals surface area contributed by atoms with Crippen molar-refractivity contribution in [3.63, 3.8) is 0 Å². The van der Waals surface area contributed by atoms with Crippen molar-refractivity contribution in [2.24, 2.45) is 28.6 Å². The number of hydrogen-bond donors (Lipinski definition) is 1. The van der Waals surface area contributed by atoms with Gasteiger partial charge < -0.3 is 9.84 Å². The fraction of sp³-hybridized carbons (Fsp3) is 0.667. The average Bonchev–Trinajstić information content (AvgIpc) is 3.04. The third-order valence-corrected chi connectivity index (χ3v) is 8.99. The molecule has 4 aliphatic carbocycles. The summed E-state index contributed by atoms with van der Waals surface area (Å²) in [6, 6.07) is 0. The lowest BCUT2D eigenvalue weighted by molar-refractivity contribution is -0.163. The number of hydrogen-bond acceptors (Lipinski definition) is 5. The van der Waals surface area contributed by atoms with E-state index in [0.717, 1.165) is 25.7 Å². The molecular formula is C27H36O5. The van der Waals surface area contributed by atoms with Gasteiger partial charge in [-0.05, 0) is 74.5 Å². The first-order valence-corrected chi connectivity index (χ1v) is 12.1. The molecule has 4 aliphatic rings. The molecule has 174 valence electrons. The molecule has 4 rings (SSSR count). The topological polar surface area (TPSA) is 80.7 Å². The van der Waals surface area contributed by atoms with E-state index in [0.29, 0.717) is 19.3 Å². The molecule has 0 aliphatic heterocycles. The van der Waals surface area contributed by atoms with E-state index in [1.165, 1.54) is 11.1 Å². The van der Waals surface area contributed by atoms with Gasteiger partial charge in [-0.2, -0.15) is 0 Å². The number of ketones is 2. The molecule has 0 heterocycles. The van der Waals surface area contributed by atoms with Crippen LogP contribution in [0.3, 0.4) is 0 Å². The Kier molecular flexibility index (Phi) is 5.85. The van der Waals surface area contributed by atoms with E-state index in [2.05, 4.69) is 19.9 Å². The van der Waals surface area contributed by atoms with Gasteiger partial charge in [0.05, 0.1) is 0 Å². The Hall–Kier alpha value is -2.01. The number of carbonyl (C=O) groups is 3. The molecule has 0 aromatic heterocycles. The smallest absolute Gasteiger partial charge is 0.306 e. The minimum absolute atomic E-state index is 0.0540. The minimum atomic E-state index is -1.48. The van der Waals surface area contributed by atoms with Crippen LogP contribution in [0.1, 0.15) is 72.6 Å². The van der Waals surface area contributed by atoms with Crippen LogP contribution in [0.2, 0.25) is 0 Å². The molecule has 0 aromatic rings. The SMILES string of the molecule is CCCCC(=O)OCC(=O)[C@@]1(O)CC[C@H]2[C@@H]3C[C@H](C)C4=CC(=O)C=C[C@]4(C)C3=CC[C@@]21C. The quantitative estimate of drug-likeness (QED) is 0.486. The molecule has 2 saturated carbocycles. The van der Waals surface area contributed by atoms with Crippen LogP contribution < -0.4 is 0 Å². The number of fused-ring (bicyclic) bond motifs is 5. The zero-order valence-corrected chi connectivity index (χ0v) is 19.8. The summed E-state index contributed by atoms with van der Waals surface area (Å²) in [5.74, 6) is 0.0155. The number of Topliss-reactive ketones (excluding diaryl/α,β-unsaturated/α-hetero) is 1. The van der Waals surface area contributed by atoms with Crippen molar-refractivity contribution < 1.29 is 24.2 Å². The van der Waals surface area contributed by atoms with Crippen LogP contribution in [0.25, 0.3) is 0 Å². The molecule has 5 nitrogen and oxygen atoms in total. The second-order valence-electron chi connectivity index (χ2n) is 10.8. The van der Waals surface area contributed by atoms with Crippen molar-refractivity contribution in [1.82, 2.24) is 0 Å². The van der Waals surface area contributed by atoms with Gasteiger partial charge >= 0.3 is 5.97 Å². The number of esters is 1. The Bertz CT molecular complexity index is 926. The maximum Gasteiger partial charge on any atom is 0.306 e. The first-order valence-electron chi connectivity index (χ1n) is 12.1. The van der Waals surface area contributed by atoms with Crippen molar-refractivity contribution in [1.29, 1.82) is 0 Å². The van der Waals surface area contributed by atoms with E-state index < -0.39 is 11.0 Å². The molecule has 0 aromatic carbocycles. The predicted octanol–water partition coefficient (Wildman–Crippen LogP) is 4.49. The highest BCUT2D eigenvalue weighted by atomic mass is 16.5. The largest absolute Gasteiger partial charge is 0.458 e. The second kappa shape index (κ2) is 8.09. The van der Waals surface area contributed by atoms with Crippen LogP contribution in [0.4, 0.5) is 0 Å². The van der Waals surface area contributed by atoms with Crippen LogP contribution in [0, 0.1) is 28.6 Å². The van der Waals surface area contributed by atoms with E-state index in [4.69, 9.17) is 4.74 Å². The summed E-state index contributed by atoms with van der Waals surface area (Å²) < 4.78 is 5.22. The molecule has 0 radical (unpaired) electrons. The molecule has 0 saturated heterocycles. The van der Waals surface area contributed by atoms with Crippen LogP contribution in [0.5, 0.6) is 0 Å². The predicted molar refractivity (Wildman–Crippen MR) is 122 cm³/mol. The van der Waals surface area contributed by atoms with Crippen LogP contribution in [0.15, 0.2) is 35.5 Å². The highest BCUT2D eigenvalue weighted by molar-refractivity contribution is 6.01. The van der Waals surface area contributed by atoms with E-state index in [1.54, 1.807) is 12.2 Å². The monoisotopic (exact) mass is 440 g/mol. The minimum Gasteiger partial charge on any atom is -0.458 e. The summed E-state index contributed by atoms with van der Waals surface area (Å²) >= 11 is 0. The Morgan fingerprint density at radius 1 is 1.25 bits per heavy atom. The van der Waals surface area contributed by atoms with Crippen molar-refractivity contribution >= 4 is 17.5 Å². The van der Waals surface area contributed by atoms with E-state index in [1.807, 2.05) is 19.9 Å². The van der Waals surface area contributed by atoms with Gasteiger partial charge in [-0.25, -0.2) is 0 Å². The first-order chi connectivity index (χ1) is 15.1. The summed E-state index contributed by atoms with van der Waals surface area (Å²) in [6.45, 7) is 8.06. The van der Waals surface area contributed by atoms with Crippen molar-refractivity contribution in [2.75, 3.05) is 6.61 Å². The molecule has 0 spiro atoms. The van der Waals surface area contributed by atoms with Gasteiger partial charge in [0.25, 0.3) is 0 Å². The molecule has 32 heavy (non-hydrogen) atoms. The van der Waals surface area contributed by atoms with Gasteiger partial charge in [0.15, 0.2) is 12.4 Å². The lowest BCUT2D eigenvalue weighted by Crippen LogP contribution is -2.56. The zero-order chi connectivity index (χ0) is 23.3. The summed E-state index contributed by atoms with van der Waals surface area (Å²) in [7, 11) is 0. The van der Waals surface area contributed by atoms with Crippen LogP contribution >= 0.6 is 0 Å². The summed E-state index contributed by atoms with van der Waals surface area (Å²) in [4.78, 5) is 37.1. The molecule has 0 bridgehead atoms. The molecule has 1 N–H and O–H groups in total. The Labute approximate surface area is 191 Å².